The van der Waals surface area contributed by atoms with Gasteiger partial charge in [-0.1, -0.05) is 23.7 Å². The Labute approximate surface area is 123 Å². The van der Waals surface area contributed by atoms with Crippen LogP contribution in [0.5, 0.6) is 5.75 Å². The summed E-state index contributed by atoms with van der Waals surface area (Å²) in [5.41, 5.74) is 1.19. The highest BCUT2D eigenvalue weighted by atomic mass is 127. The van der Waals surface area contributed by atoms with Crippen LogP contribution in [-0.4, -0.2) is 5.11 Å². The molecule has 0 saturated carbocycles. The van der Waals surface area contributed by atoms with Crippen LogP contribution in [0.1, 0.15) is 5.56 Å². The van der Waals surface area contributed by atoms with Crippen LogP contribution in [0.25, 0.3) is 0 Å². The van der Waals surface area contributed by atoms with Crippen molar-refractivity contribution in [2.45, 2.75) is 10.6 Å². The molecule has 0 aromatic heterocycles. The Hall–Kier alpha value is -0.390. The van der Waals surface area contributed by atoms with E-state index in [1.807, 2.05) is 36.4 Å². The first-order chi connectivity index (χ1) is 8.16. The molecule has 0 amide bonds. The number of halogens is 2. The van der Waals surface area contributed by atoms with Crippen molar-refractivity contribution in [1.29, 1.82) is 0 Å². The van der Waals surface area contributed by atoms with Crippen molar-refractivity contribution < 1.29 is 5.11 Å². The van der Waals surface area contributed by atoms with Crippen LogP contribution in [0, 0.1) is 3.57 Å². The number of benzene rings is 2. The molecule has 88 valence electrons. The molecular formula is C13H10ClIOS. The van der Waals surface area contributed by atoms with Gasteiger partial charge >= 0.3 is 0 Å². The molecule has 0 unspecified atom stereocenters. The lowest BCUT2D eigenvalue weighted by Crippen LogP contribution is -1.86. The minimum Gasteiger partial charge on any atom is -0.507 e. The van der Waals surface area contributed by atoms with Crippen molar-refractivity contribution in [2.75, 3.05) is 0 Å². The van der Waals surface area contributed by atoms with E-state index in [2.05, 4.69) is 22.6 Å². The zero-order valence-corrected chi connectivity index (χ0v) is 12.6. The Morgan fingerprint density at radius 1 is 1.18 bits per heavy atom. The smallest absolute Gasteiger partial charge is 0.129 e. The first-order valence-corrected chi connectivity index (χ1v) is 7.46. The molecule has 0 bridgehead atoms. The summed E-state index contributed by atoms with van der Waals surface area (Å²) in [5, 5.41) is 10.4. The van der Waals surface area contributed by atoms with Crippen molar-refractivity contribution in [2.24, 2.45) is 0 Å². The number of phenolic OH excluding ortho intramolecular Hbond substituents is 1. The van der Waals surface area contributed by atoms with E-state index in [0.717, 1.165) is 15.7 Å². The third kappa shape index (κ3) is 3.53. The van der Waals surface area contributed by atoms with Crippen LogP contribution in [0.15, 0.2) is 47.4 Å². The van der Waals surface area contributed by atoms with Gasteiger partial charge in [-0.3, -0.25) is 0 Å². The zero-order chi connectivity index (χ0) is 12.3. The molecule has 0 heterocycles. The fourth-order valence-corrected chi connectivity index (χ4v) is 3.31. The molecule has 1 N–H and O–H groups in total. The Bertz CT molecular complexity index is 531. The number of rotatable bonds is 3. The van der Waals surface area contributed by atoms with Crippen LogP contribution < -0.4 is 0 Å². The lowest BCUT2D eigenvalue weighted by atomic mass is 10.2. The van der Waals surface area contributed by atoms with Crippen LogP contribution in [0.3, 0.4) is 0 Å². The van der Waals surface area contributed by atoms with Crippen molar-refractivity contribution in [3.05, 3.63) is 56.6 Å². The van der Waals surface area contributed by atoms with Gasteiger partial charge in [0.25, 0.3) is 0 Å². The molecule has 0 atom stereocenters. The van der Waals surface area contributed by atoms with E-state index in [9.17, 15) is 5.11 Å². The number of phenols is 1. The molecule has 0 spiro atoms. The molecule has 0 fully saturated rings. The summed E-state index contributed by atoms with van der Waals surface area (Å²) in [4.78, 5) is 0.892. The molecule has 2 rings (SSSR count). The second kappa shape index (κ2) is 5.98. The summed E-state index contributed by atoms with van der Waals surface area (Å²) in [6, 6.07) is 13.2. The molecule has 4 heteroatoms. The number of aromatic hydroxyl groups is 1. The quantitative estimate of drug-likeness (QED) is 0.604. The van der Waals surface area contributed by atoms with E-state index in [0.29, 0.717) is 5.75 Å². The summed E-state index contributed by atoms with van der Waals surface area (Å²) in [5.74, 6) is 1.13. The molecular weight excluding hydrogens is 367 g/mol. The summed E-state index contributed by atoms with van der Waals surface area (Å²) >= 11 is 9.87. The standard InChI is InChI=1S/C13H10ClIOS/c14-10-5-6-11(15)9(7-10)8-17-13-4-2-1-3-12(13)16/h1-7,16H,8H2. The molecule has 0 aliphatic rings. The van der Waals surface area contributed by atoms with Gasteiger partial charge in [0, 0.05) is 19.2 Å². The van der Waals surface area contributed by atoms with Gasteiger partial charge in [-0.05, 0) is 58.5 Å². The number of hydrogen-bond donors (Lipinski definition) is 1. The van der Waals surface area contributed by atoms with E-state index in [1.54, 1.807) is 17.8 Å². The van der Waals surface area contributed by atoms with Gasteiger partial charge in [0.1, 0.15) is 5.75 Å². The number of thioether (sulfide) groups is 1. The van der Waals surface area contributed by atoms with Gasteiger partial charge in [-0.15, -0.1) is 11.8 Å². The summed E-state index contributed by atoms with van der Waals surface area (Å²) in [6.45, 7) is 0. The predicted molar refractivity (Wildman–Crippen MR) is 81.8 cm³/mol. The lowest BCUT2D eigenvalue weighted by Gasteiger charge is -2.06. The first kappa shape index (κ1) is 13.1. The second-order valence-electron chi connectivity index (χ2n) is 3.49. The van der Waals surface area contributed by atoms with Crippen molar-refractivity contribution >= 4 is 46.0 Å². The Morgan fingerprint density at radius 2 is 1.94 bits per heavy atom. The summed E-state index contributed by atoms with van der Waals surface area (Å²) in [7, 11) is 0. The van der Waals surface area contributed by atoms with Gasteiger partial charge in [-0.2, -0.15) is 0 Å². The van der Waals surface area contributed by atoms with Crippen molar-refractivity contribution in [1.82, 2.24) is 0 Å². The van der Waals surface area contributed by atoms with E-state index in [4.69, 9.17) is 11.6 Å². The molecule has 2 aromatic rings. The number of para-hydroxylation sites is 1. The van der Waals surface area contributed by atoms with E-state index in [1.165, 1.54) is 9.13 Å². The minimum absolute atomic E-state index is 0.328. The van der Waals surface area contributed by atoms with Gasteiger partial charge in [0.05, 0.1) is 0 Å². The van der Waals surface area contributed by atoms with Crippen molar-refractivity contribution in [3.8, 4) is 5.75 Å². The predicted octanol–water partition coefficient (Wildman–Crippen LogP) is 4.94. The fourth-order valence-electron chi connectivity index (χ4n) is 1.39. The Morgan fingerprint density at radius 3 is 2.71 bits per heavy atom. The minimum atomic E-state index is 0.328. The Kier molecular flexibility index (Phi) is 4.59. The second-order valence-corrected chi connectivity index (χ2v) is 6.11. The molecule has 17 heavy (non-hydrogen) atoms. The average molecular weight is 377 g/mol. The van der Waals surface area contributed by atoms with Crippen LogP contribution in [-0.2, 0) is 5.75 Å². The molecule has 1 nitrogen and oxygen atoms in total. The van der Waals surface area contributed by atoms with Crippen LogP contribution in [0.2, 0.25) is 5.02 Å². The summed E-state index contributed by atoms with van der Waals surface area (Å²) < 4.78 is 1.19. The van der Waals surface area contributed by atoms with Gasteiger partial charge in [0.15, 0.2) is 0 Å². The third-order valence-corrected chi connectivity index (χ3v) is 4.66. The monoisotopic (exact) mass is 376 g/mol. The highest BCUT2D eigenvalue weighted by Crippen LogP contribution is 2.32. The molecule has 0 aliphatic heterocycles. The topological polar surface area (TPSA) is 20.2 Å². The largest absolute Gasteiger partial charge is 0.507 e. The van der Waals surface area contributed by atoms with Gasteiger partial charge in [0.2, 0.25) is 0 Å². The van der Waals surface area contributed by atoms with E-state index in [-0.39, 0.29) is 0 Å². The van der Waals surface area contributed by atoms with Gasteiger partial charge < -0.3 is 5.11 Å². The molecule has 2 aromatic carbocycles. The number of hydrogen-bond acceptors (Lipinski definition) is 2. The molecule has 0 saturated heterocycles. The molecule has 0 radical (unpaired) electrons. The maximum atomic E-state index is 9.66. The lowest BCUT2D eigenvalue weighted by molar-refractivity contribution is 0.462. The highest BCUT2D eigenvalue weighted by molar-refractivity contribution is 14.1. The average Bonchev–Trinajstić information content (AvgIpc) is 2.32. The van der Waals surface area contributed by atoms with Crippen LogP contribution in [0.4, 0.5) is 0 Å². The van der Waals surface area contributed by atoms with E-state index < -0.39 is 0 Å². The van der Waals surface area contributed by atoms with Crippen LogP contribution >= 0.6 is 46.0 Å². The highest BCUT2D eigenvalue weighted by Gasteiger charge is 2.04. The maximum absolute atomic E-state index is 9.66. The normalized spacial score (nSPS) is 10.5. The Balaban J connectivity index is 2.12. The molecule has 0 aliphatic carbocycles. The zero-order valence-electron chi connectivity index (χ0n) is 8.86. The van der Waals surface area contributed by atoms with Crippen molar-refractivity contribution in [3.63, 3.8) is 0 Å². The maximum Gasteiger partial charge on any atom is 0.129 e. The third-order valence-electron chi connectivity index (χ3n) is 2.26. The summed E-state index contributed by atoms with van der Waals surface area (Å²) in [6.07, 6.45) is 0. The van der Waals surface area contributed by atoms with E-state index >= 15 is 0 Å². The van der Waals surface area contributed by atoms with Gasteiger partial charge in [-0.25, -0.2) is 0 Å². The first-order valence-electron chi connectivity index (χ1n) is 5.01. The fraction of sp³-hybridized carbons (Fsp3) is 0.0769. The SMILES string of the molecule is Oc1ccccc1SCc1cc(Cl)ccc1I.